The van der Waals surface area contributed by atoms with Gasteiger partial charge in [-0.2, -0.15) is 0 Å². The molecule has 0 fully saturated rings. The molecule has 0 amide bonds. The van der Waals surface area contributed by atoms with Crippen molar-refractivity contribution < 1.29 is 5.11 Å². The molecular weight excluding hydrogens is 214 g/mol. The zero-order chi connectivity index (χ0) is 12.3. The van der Waals surface area contributed by atoms with Gasteiger partial charge in [-0.15, -0.1) is 5.10 Å². The maximum Gasteiger partial charge on any atom is 0.115 e. The molecule has 0 unspecified atom stereocenters. The number of phenols is 1. The third-order valence-electron chi connectivity index (χ3n) is 2.89. The molecule has 0 atom stereocenters. The molecule has 0 bridgehead atoms. The number of aromatic hydroxyl groups is 1. The van der Waals surface area contributed by atoms with Crippen LogP contribution in [0.15, 0.2) is 24.4 Å². The minimum Gasteiger partial charge on any atom is -0.508 e. The maximum absolute atomic E-state index is 9.33. The van der Waals surface area contributed by atoms with Gasteiger partial charge in [-0.25, -0.2) is 0 Å². The molecule has 17 heavy (non-hydrogen) atoms. The summed E-state index contributed by atoms with van der Waals surface area (Å²) in [7, 11) is 0. The highest BCUT2D eigenvalue weighted by Crippen LogP contribution is 2.17. The Hall–Kier alpha value is -1.84. The molecule has 1 heterocycles. The van der Waals surface area contributed by atoms with Gasteiger partial charge in [0.15, 0.2) is 0 Å². The van der Waals surface area contributed by atoms with Crippen LogP contribution in [0.2, 0.25) is 0 Å². The number of hydrogen-bond acceptors (Lipinski definition) is 3. The third-order valence-corrected chi connectivity index (χ3v) is 2.89. The SMILES string of the molecule is CCn1cc(CCc2ccc(O)cc2C)nn1. The first kappa shape index (κ1) is 11.6. The van der Waals surface area contributed by atoms with Gasteiger partial charge >= 0.3 is 0 Å². The average molecular weight is 231 g/mol. The van der Waals surface area contributed by atoms with Crippen molar-refractivity contribution in [2.24, 2.45) is 0 Å². The van der Waals surface area contributed by atoms with Crippen molar-refractivity contribution in [3.8, 4) is 5.75 Å². The Bertz CT molecular complexity index is 505. The van der Waals surface area contributed by atoms with Crippen molar-refractivity contribution in [2.75, 3.05) is 0 Å². The first-order chi connectivity index (χ1) is 8.19. The van der Waals surface area contributed by atoms with Crippen LogP contribution < -0.4 is 0 Å². The Labute approximate surface area is 101 Å². The zero-order valence-corrected chi connectivity index (χ0v) is 10.2. The molecule has 0 aliphatic heterocycles. The molecule has 0 saturated heterocycles. The van der Waals surface area contributed by atoms with E-state index < -0.39 is 0 Å². The Morgan fingerprint density at radius 2 is 2.12 bits per heavy atom. The van der Waals surface area contributed by atoms with Crippen molar-refractivity contribution in [1.82, 2.24) is 15.0 Å². The predicted octanol–water partition coefficient (Wildman–Crippen LogP) is 2.10. The quantitative estimate of drug-likeness (QED) is 0.876. The van der Waals surface area contributed by atoms with E-state index in [1.165, 1.54) is 5.56 Å². The molecule has 4 nitrogen and oxygen atoms in total. The highest BCUT2D eigenvalue weighted by molar-refractivity contribution is 5.34. The number of rotatable bonds is 4. The zero-order valence-electron chi connectivity index (χ0n) is 10.2. The van der Waals surface area contributed by atoms with Crippen molar-refractivity contribution in [3.63, 3.8) is 0 Å². The summed E-state index contributed by atoms with van der Waals surface area (Å²) in [6.07, 6.45) is 3.79. The molecule has 0 saturated carbocycles. The Morgan fingerprint density at radius 1 is 1.29 bits per heavy atom. The van der Waals surface area contributed by atoms with Crippen molar-refractivity contribution in [1.29, 1.82) is 0 Å². The van der Waals surface area contributed by atoms with E-state index in [2.05, 4.69) is 10.3 Å². The van der Waals surface area contributed by atoms with Gasteiger partial charge in [-0.05, 0) is 49.9 Å². The molecule has 2 rings (SSSR count). The van der Waals surface area contributed by atoms with E-state index in [-0.39, 0.29) is 0 Å². The monoisotopic (exact) mass is 231 g/mol. The van der Waals surface area contributed by atoms with E-state index in [0.29, 0.717) is 5.75 Å². The van der Waals surface area contributed by atoms with E-state index >= 15 is 0 Å². The summed E-state index contributed by atoms with van der Waals surface area (Å²) in [4.78, 5) is 0. The predicted molar refractivity (Wildman–Crippen MR) is 65.9 cm³/mol. The van der Waals surface area contributed by atoms with E-state index in [1.54, 1.807) is 12.1 Å². The molecule has 0 radical (unpaired) electrons. The number of benzene rings is 1. The molecule has 90 valence electrons. The molecule has 0 aliphatic carbocycles. The Morgan fingerprint density at radius 3 is 2.76 bits per heavy atom. The summed E-state index contributed by atoms with van der Waals surface area (Å²) in [5, 5.41) is 17.5. The minimum atomic E-state index is 0.322. The fourth-order valence-electron chi connectivity index (χ4n) is 1.83. The maximum atomic E-state index is 9.33. The lowest BCUT2D eigenvalue weighted by Crippen LogP contribution is -1.94. The third kappa shape index (κ3) is 2.84. The number of phenolic OH excluding ortho intramolecular Hbond substituents is 1. The summed E-state index contributed by atoms with van der Waals surface area (Å²) in [5.41, 5.74) is 3.38. The van der Waals surface area contributed by atoms with Gasteiger partial charge in [-0.3, -0.25) is 4.68 Å². The normalized spacial score (nSPS) is 10.7. The molecule has 4 heteroatoms. The lowest BCUT2D eigenvalue weighted by Gasteiger charge is -2.04. The second kappa shape index (κ2) is 4.99. The fourth-order valence-corrected chi connectivity index (χ4v) is 1.83. The highest BCUT2D eigenvalue weighted by Gasteiger charge is 2.03. The second-order valence-electron chi connectivity index (χ2n) is 4.18. The smallest absolute Gasteiger partial charge is 0.115 e. The number of aromatic nitrogens is 3. The molecule has 0 spiro atoms. The van der Waals surface area contributed by atoms with E-state index in [0.717, 1.165) is 30.6 Å². The minimum absolute atomic E-state index is 0.322. The highest BCUT2D eigenvalue weighted by atomic mass is 16.3. The summed E-state index contributed by atoms with van der Waals surface area (Å²) in [6, 6.07) is 5.48. The first-order valence-electron chi connectivity index (χ1n) is 5.86. The summed E-state index contributed by atoms with van der Waals surface area (Å²) in [5.74, 6) is 0.322. The largest absolute Gasteiger partial charge is 0.508 e. The number of nitrogens with zero attached hydrogens (tertiary/aromatic N) is 3. The molecule has 1 aromatic heterocycles. The van der Waals surface area contributed by atoms with Crippen LogP contribution in [0.25, 0.3) is 0 Å². The van der Waals surface area contributed by atoms with Crippen LogP contribution in [0.5, 0.6) is 5.75 Å². The fraction of sp³-hybridized carbons (Fsp3) is 0.385. The number of aryl methyl sites for hydroxylation is 4. The number of hydrogen-bond donors (Lipinski definition) is 1. The lowest BCUT2D eigenvalue weighted by atomic mass is 10.0. The standard InChI is InChI=1S/C13H17N3O/c1-3-16-9-12(14-15-16)6-4-11-5-7-13(17)8-10(11)2/h5,7-9,17H,3-4,6H2,1-2H3. The summed E-state index contributed by atoms with van der Waals surface area (Å²) >= 11 is 0. The van der Waals surface area contributed by atoms with Crippen LogP contribution in [0.3, 0.4) is 0 Å². The van der Waals surface area contributed by atoms with Crippen LogP contribution in [-0.4, -0.2) is 20.1 Å². The topological polar surface area (TPSA) is 50.9 Å². The van der Waals surface area contributed by atoms with Crippen LogP contribution in [0.1, 0.15) is 23.7 Å². The van der Waals surface area contributed by atoms with Crippen LogP contribution in [-0.2, 0) is 19.4 Å². The van der Waals surface area contributed by atoms with Crippen LogP contribution in [0, 0.1) is 6.92 Å². The Kier molecular flexibility index (Phi) is 3.42. The first-order valence-corrected chi connectivity index (χ1v) is 5.86. The van der Waals surface area contributed by atoms with Crippen LogP contribution in [0.4, 0.5) is 0 Å². The Balaban J connectivity index is 2.02. The van der Waals surface area contributed by atoms with Gasteiger partial charge in [0, 0.05) is 12.7 Å². The van der Waals surface area contributed by atoms with Gasteiger partial charge in [0.1, 0.15) is 5.75 Å². The van der Waals surface area contributed by atoms with Crippen molar-refractivity contribution >= 4 is 0 Å². The van der Waals surface area contributed by atoms with Gasteiger partial charge < -0.3 is 5.11 Å². The van der Waals surface area contributed by atoms with Gasteiger partial charge in [0.05, 0.1) is 5.69 Å². The summed E-state index contributed by atoms with van der Waals surface area (Å²) < 4.78 is 1.83. The average Bonchev–Trinajstić information content (AvgIpc) is 2.76. The molecule has 1 aromatic carbocycles. The van der Waals surface area contributed by atoms with Crippen molar-refractivity contribution in [3.05, 3.63) is 41.2 Å². The van der Waals surface area contributed by atoms with Gasteiger partial charge in [0.25, 0.3) is 0 Å². The molecule has 0 aliphatic rings. The molecular formula is C13H17N3O. The van der Waals surface area contributed by atoms with E-state index in [1.807, 2.05) is 30.8 Å². The van der Waals surface area contributed by atoms with E-state index in [9.17, 15) is 5.11 Å². The lowest BCUT2D eigenvalue weighted by molar-refractivity contribution is 0.474. The second-order valence-corrected chi connectivity index (χ2v) is 4.18. The van der Waals surface area contributed by atoms with E-state index in [4.69, 9.17) is 0 Å². The summed E-state index contributed by atoms with van der Waals surface area (Å²) in [6.45, 7) is 4.91. The van der Waals surface area contributed by atoms with Crippen LogP contribution >= 0.6 is 0 Å². The molecule has 2 aromatic rings. The van der Waals surface area contributed by atoms with Gasteiger partial charge in [-0.1, -0.05) is 11.3 Å². The molecule has 1 N–H and O–H groups in total. The van der Waals surface area contributed by atoms with Crippen molar-refractivity contribution in [2.45, 2.75) is 33.2 Å². The van der Waals surface area contributed by atoms with Gasteiger partial charge in [0.2, 0.25) is 0 Å².